The Morgan fingerprint density at radius 3 is 2.73 bits per heavy atom. The number of nitrogens with two attached hydrogens (primary N) is 1. The SMILES string of the molecule is NC1CCCC1NC(=O)c1ccncc1. The molecule has 1 aromatic rings. The number of pyridine rings is 1. The van der Waals surface area contributed by atoms with Crippen molar-refractivity contribution >= 4 is 5.91 Å². The van der Waals surface area contributed by atoms with Crippen molar-refractivity contribution in [2.24, 2.45) is 5.73 Å². The molecule has 0 spiro atoms. The first kappa shape index (κ1) is 10.1. The Labute approximate surface area is 88.9 Å². The maximum atomic E-state index is 11.8. The first-order valence-electron chi connectivity index (χ1n) is 5.24. The normalized spacial score (nSPS) is 25.1. The van der Waals surface area contributed by atoms with Crippen molar-refractivity contribution in [2.45, 2.75) is 31.3 Å². The van der Waals surface area contributed by atoms with E-state index in [-0.39, 0.29) is 18.0 Å². The van der Waals surface area contributed by atoms with Gasteiger partial charge in [0.1, 0.15) is 0 Å². The highest BCUT2D eigenvalue weighted by Gasteiger charge is 2.25. The highest BCUT2D eigenvalue weighted by atomic mass is 16.1. The highest BCUT2D eigenvalue weighted by Crippen LogP contribution is 2.17. The van der Waals surface area contributed by atoms with E-state index in [9.17, 15) is 4.79 Å². The molecule has 0 aliphatic heterocycles. The van der Waals surface area contributed by atoms with Gasteiger partial charge in [-0.05, 0) is 31.4 Å². The number of carbonyl (C=O) groups excluding carboxylic acids is 1. The Morgan fingerprint density at radius 2 is 2.13 bits per heavy atom. The van der Waals surface area contributed by atoms with E-state index in [0.717, 1.165) is 19.3 Å². The van der Waals surface area contributed by atoms with Crippen LogP contribution < -0.4 is 11.1 Å². The van der Waals surface area contributed by atoms with E-state index in [1.165, 1.54) is 0 Å². The largest absolute Gasteiger partial charge is 0.348 e. The van der Waals surface area contributed by atoms with E-state index in [2.05, 4.69) is 10.3 Å². The third-order valence-corrected chi connectivity index (χ3v) is 2.83. The van der Waals surface area contributed by atoms with Crippen LogP contribution in [0.3, 0.4) is 0 Å². The van der Waals surface area contributed by atoms with Gasteiger partial charge in [-0.25, -0.2) is 0 Å². The summed E-state index contributed by atoms with van der Waals surface area (Å²) < 4.78 is 0. The topological polar surface area (TPSA) is 68.0 Å². The highest BCUT2D eigenvalue weighted by molar-refractivity contribution is 5.94. The van der Waals surface area contributed by atoms with Gasteiger partial charge in [0.2, 0.25) is 0 Å². The predicted molar refractivity (Wildman–Crippen MR) is 57.3 cm³/mol. The summed E-state index contributed by atoms with van der Waals surface area (Å²) in [5, 5.41) is 2.95. The average molecular weight is 205 g/mol. The minimum absolute atomic E-state index is 0.0558. The first-order chi connectivity index (χ1) is 7.27. The van der Waals surface area contributed by atoms with Gasteiger partial charge in [-0.1, -0.05) is 0 Å². The van der Waals surface area contributed by atoms with Gasteiger partial charge in [-0.3, -0.25) is 9.78 Å². The van der Waals surface area contributed by atoms with Crippen LogP contribution in [-0.4, -0.2) is 23.0 Å². The standard InChI is InChI=1S/C11H15N3O/c12-9-2-1-3-10(9)14-11(15)8-4-6-13-7-5-8/h4-7,9-10H,1-3,12H2,(H,14,15). The summed E-state index contributed by atoms with van der Waals surface area (Å²) >= 11 is 0. The van der Waals surface area contributed by atoms with Crippen LogP contribution in [0.15, 0.2) is 24.5 Å². The molecule has 0 bridgehead atoms. The number of aromatic nitrogens is 1. The summed E-state index contributed by atoms with van der Waals surface area (Å²) in [7, 11) is 0. The molecule has 2 atom stereocenters. The number of nitrogens with one attached hydrogen (secondary N) is 1. The van der Waals surface area contributed by atoms with Gasteiger partial charge in [0.05, 0.1) is 0 Å². The number of hydrogen-bond donors (Lipinski definition) is 2. The molecule has 0 aromatic carbocycles. The number of nitrogens with zero attached hydrogens (tertiary/aromatic N) is 1. The molecule has 1 aromatic heterocycles. The molecular formula is C11H15N3O. The summed E-state index contributed by atoms with van der Waals surface area (Å²) in [4.78, 5) is 15.6. The lowest BCUT2D eigenvalue weighted by molar-refractivity contribution is 0.0934. The molecule has 1 amide bonds. The van der Waals surface area contributed by atoms with E-state index >= 15 is 0 Å². The average Bonchev–Trinajstić information content (AvgIpc) is 2.66. The van der Waals surface area contributed by atoms with E-state index < -0.39 is 0 Å². The zero-order chi connectivity index (χ0) is 10.7. The fourth-order valence-electron chi connectivity index (χ4n) is 1.92. The molecule has 3 N–H and O–H groups in total. The molecule has 1 fully saturated rings. The zero-order valence-corrected chi connectivity index (χ0v) is 8.52. The van der Waals surface area contributed by atoms with E-state index in [4.69, 9.17) is 5.73 Å². The third-order valence-electron chi connectivity index (χ3n) is 2.83. The van der Waals surface area contributed by atoms with Crippen LogP contribution in [0.4, 0.5) is 0 Å². The van der Waals surface area contributed by atoms with Gasteiger partial charge in [0.25, 0.3) is 5.91 Å². The smallest absolute Gasteiger partial charge is 0.251 e. The van der Waals surface area contributed by atoms with Crippen LogP contribution in [0.25, 0.3) is 0 Å². The monoisotopic (exact) mass is 205 g/mol. The van der Waals surface area contributed by atoms with Crippen molar-refractivity contribution in [3.63, 3.8) is 0 Å². The van der Waals surface area contributed by atoms with E-state index in [0.29, 0.717) is 5.56 Å². The lowest BCUT2D eigenvalue weighted by Crippen LogP contribution is -2.43. The number of amides is 1. The van der Waals surface area contributed by atoms with Gasteiger partial charge in [-0.2, -0.15) is 0 Å². The second-order valence-electron chi connectivity index (χ2n) is 3.91. The summed E-state index contributed by atoms with van der Waals surface area (Å²) in [6.07, 6.45) is 6.31. The van der Waals surface area contributed by atoms with Crippen molar-refractivity contribution in [1.29, 1.82) is 0 Å². The van der Waals surface area contributed by atoms with Gasteiger partial charge < -0.3 is 11.1 Å². The number of hydrogen-bond acceptors (Lipinski definition) is 3. The van der Waals surface area contributed by atoms with Crippen molar-refractivity contribution < 1.29 is 4.79 Å². The predicted octanol–water partition coefficient (Wildman–Crippen LogP) is 0.691. The Bertz CT molecular complexity index is 339. The number of rotatable bonds is 2. The Kier molecular flexibility index (Phi) is 2.97. The minimum Gasteiger partial charge on any atom is -0.348 e. The molecule has 2 unspecified atom stereocenters. The second kappa shape index (κ2) is 4.40. The van der Waals surface area contributed by atoms with Crippen molar-refractivity contribution in [1.82, 2.24) is 10.3 Å². The van der Waals surface area contributed by atoms with Gasteiger partial charge in [0.15, 0.2) is 0 Å². The molecule has 80 valence electrons. The number of carbonyl (C=O) groups is 1. The van der Waals surface area contributed by atoms with Crippen molar-refractivity contribution in [3.8, 4) is 0 Å². The van der Waals surface area contributed by atoms with Gasteiger partial charge in [-0.15, -0.1) is 0 Å². The van der Waals surface area contributed by atoms with Crippen LogP contribution in [0, 0.1) is 0 Å². The molecule has 1 saturated carbocycles. The molecule has 0 radical (unpaired) electrons. The molecule has 1 heterocycles. The summed E-state index contributed by atoms with van der Waals surface area (Å²) in [6.45, 7) is 0. The lowest BCUT2D eigenvalue weighted by atomic mass is 10.1. The van der Waals surface area contributed by atoms with Crippen molar-refractivity contribution in [3.05, 3.63) is 30.1 Å². The van der Waals surface area contributed by atoms with Gasteiger partial charge in [0, 0.05) is 30.0 Å². The molecule has 0 saturated heterocycles. The minimum atomic E-state index is -0.0558. The van der Waals surface area contributed by atoms with Gasteiger partial charge >= 0.3 is 0 Å². The van der Waals surface area contributed by atoms with Crippen LogP contribution >= 0.6 is 0 Å². The summed E-state index contributed by atoms with van der Waals surface area (Å²) in [5.41, 5.74) is 6.52. The Hall–Kier alpha value is -1.42. The second-order valence-corrected chi connectivity index (χ2v) is 3.91. The molecule has 2 rings (SSSR count). The summed E-state index contributed by atoms with van der Waals surface area (Å²) in [6, 6.07) is 3.65. The van der Waals surface area contributed by atoms with E-state index in [1.807, 2.05) is 0 Å². The quantitative estimate of drug-likeness (QED) is 0.746. The lowest BCUT2D eigenvalue weighted by Gasteiger charge is -2.16. The van der Waals surface area contributed by atoms with Crippen LogP contribution in [0.2, 0.25) is 0 Å². The molecule has 15 heavy (non-hydrogen) atoms. The van der Waals surface area contributed by atoms with Crippen LogP contribution in [0.5, 0.6) is 0 Å². The van der Waals surface area contributed by atoms with Crippen LogP contribution in [0.1, 0.15) is 29.6 Å². The first-order valence-corrected chi connectivity index (χ1v) is 5.24. The Morgan fingerprint density at radius 1 is 1.40 bits per heavy atom. The van der Waals surface area contributed by atoms with Crippen molar-refractivity contribution in [2.75, 3.05) is 0 Å². The maximum absolute atomic E-state index is 11.8. The molecule has 1 aliphatic rings. The van der Waals surface area contributed by atoms with E-state index in [1.54, 1.807) is 24.5 Å². The third kappa shape index (κ3) is 2.33. The molecule has 1 aliphatic carbocycles. The zero-order valence-electron chi connectivity index (χ0n) is 8.52. The maximum Gasteiger partial charge on any atom is 0.251 e. The summed E-state index contributed by atoms with van der Waals surface area (Å²) in [5.74, 6) is -0.0558. The fourth-order valence-corrected chi connectivity index (χ4v) is 1.92. The molecule has 4 heteroatoms. The fraction of sp³-hybridized carbons (Fsp3) is 0.455. The van der Waals surface area contributed by atoms with Crippen LogP contribution in [-0.2, 0) is 0 Å². The Balaban J connectivity index is 1.98. The molecular weight excluding hydrogens is 190 g/mol. The molecule has 4 nitrogen and oxygen atoms in total.